The Morgan fingerprint density at radius 3 is 1.13 bits per heavy atom. The molecule has 0 fully saturated rings. The second kappa shape index (κ2) is 33.7. The number of pyridine rings is 4. The molecule has 8 heterocycles. The first-order valence-electron chi connectivity index (χ1n) is 29.2. The molecule has 0 aromatic carbocycles. The third kappa shape index (κ3) is 25.9. The highest BCUT2D eigenvalue weighted by molar-refractivity contribution is 7.42. The number of Topliss-reactive ketones (excluding diaryl/α,β-unsaturated/α-hetero) is 3. The Bertz CT molecular complexity index is 3840. The van der Waals surface area contributed by atoms with Crippen LogP contribution in [0.15, 0.2) is 153 Å². The van der Waals surface area contributed by atoms with Crippen LogP contribution in [-0.2, 0) is 37.8 Å². The van der Waals surface area contributed by atoms with Crippen molar-refractivity contribution in [3.63, 3.8) is 0 Å². The van der Waals surface area contributed by atoms with Crippen molar-refractivity contribution in [2.75, 3.05) is 13.3 Å². The van der Waals surface area contributed by atoms with Gasteiger partial charge in [0, 0.05) is 112 Å². The van der Waals surface area contributed by atoms with E-state index in [0.717, 1.165) is 44.5 Å². The Morgan fingerprint density at radius 1 is 0.462 bits per heavy atom. The van der Waals surface area contributed by atoms with Crippen LogP contribution < -0.4 is 0 Å². The Hall–Kier alpha value is -10.3. The number of hydrogen-bond acceptors (Lipinski definition) is 19. The number of allylic oxidation sites excluding steroid dienone is 1. The number of ketones is 3. The van der Waals surface area contributed by atoms with Crippen LogP contribution in [0, 0.1) is 0 Å². The third-order valence-electron chi connectivity index (χ3n) is 11.7. The molecular weight excluding hydrogens is 1210 g/mol. The van der Waals surface area contributed by atoms with Crippen LogP contribution in [0.5, 0.6) is 0 Å². The molecule has 93 heavy (non-hydrogen) atoms. The van der Waals surface area contributed by atoms with Crippen molar-refractivity contribution in [3.05, 3.63) is 176 Å². The molecule has 0 aliphatic carbocycles. The minimum atomic E-state index is -1.59. The average molecular weight is 1290 g/mol. The summed E-state index contributed by atoms with van der Waals surface area (Å²) < 4.78 is 45.3. The lowest BCUT2D eigenvalue weighted by molar-refractivity contribution is -0.137. The van der Waals surface area contributed by atoms with Crippen molar-refractivity contribution >= 4 is 61.3 Å². The van der Waals surface area contributed by atoms with E-state index in [-0.39, 0.29) is 24.0 Å². The number of nitrogens with zero attached hydrogens (tertiary/aromatic N) is 7. The average Bonchev–Trinajstić information content (AvgIpc) is 1.70. The Labute approximate surface area is 542 Å². The minimum absolute atomic E-state index is 0.0466. The van der Waals surface area contributed by atoms with Crippen molar-refractivity contribution in [2.24, 2.45) is 0 Å². The summed E-state index contributed by atoms with van der Waals surface area (Å²) in [5.74, 6) is -0.686. The highest BCUT2D eigenvalue weighted by Gasteiger charge is 2.27. The number of carbonyl (C=O) groups is 8. The monoisotopic (exact) mass is 1290 g/mol. The maximum absolute atomic E-state index is 12.6. The molecule has 8 rings (SSSR count). The fraction of sp³-hybridized carbons (Fsp3) is 0.333. The maximum Gasteiger partial charge on any atom is 0.519 e. The van der Waals surface area contributed by atoms with Gasteiger partial charge in [0.25, 0.3) is 0 Å². The fourth-order valence-corrected chi connectivity index (χ4v) is 8.62. The van der Waals surface area contributed by atoms with E-state index in [2.05, 4.69) is 29.7 Å². The molecule has 0 aliphatic heterocycles. The molecule has 492 valence electrons. The second-order valence-electron chi connectivity index (χ2n) is 24.4. The Balaban J connectivity index is 0.000000252. The molecule has 0 spiro atoms. The smallest absolute Gasteiger partial charge is 0.463 e. The summed E-state index contributed by atoms with van der Waals surface area (Å²) in [6.07, 6.45) is 18.6. The van der Waals surface area contributed by atoms with E-state index in [9.17, 15) is 42.9 Å². The van der Waals surface area contributed by atoms with E-state index in [1.165, 1.54) is 33.4 Å². The van der Waals surface area contributed by atoms with Gasteiger partial charge in [0.15, 0.2) is 24.0 Å². The molecule has 24 heteroatoms. The van der Waals surface area contributed by atoms with E-state index in [1.54, 1.807) is 191 Å². The number of carbonyl (C=O) groups excluding carboxylic acids is 8. The number of rotatable bonds is 11. The maximum atomic E-state index is 12.6. The van der Waals surface area contributed by atoms with Crippen molar-refractivity contribution < 1.29 is 71.3 Å². The van der Waals surface area contributed by atoms with Crippen LogP contribution in [0.1, 0.15) is 155 Å². The largest absolute Gasteiger partial charge is 0.519 e. The quantitative estimate of drug-likeness (QED) is 0.0314. The predicted octanol–water partition coefficient (Wildman–Crippen LogP) is 16.0. The van der Waals surface area contributed by atoms with Gasteiger partial charge in [-0.05, 0) is 208 Å². The van der Waals surface area contributed by atoms with Crippen molar-refractivity contribution in [3.8, 4) is 44.5 Å². The summed E-state index contributed by atoms with van der Waals surface area (Å²) in [7, 11) is -1.59. The number of nitrogens with one attached hydrogen (secondary N) is 1. The van der Waals surface area contributed by atoms with Crippen LogP contribution in [0.3, 0.4) is 0 Å². The topological polar surface area (TPSA) is 291 Å². The van der Waals surface area contributed by atoms with Gasteiger partial charge in [0.1, 0.15) is 28.1 Å². The van der Waals surface area contributed by atoms with E-state index in [0.29, 0.717) is 28.3 Å². The zero-order valence-corrected chi connectivity index (χ0v) is 56.7. The lowest BCUT2D eigenvalue weighted by atomic mass is 10.1. The van der Waals surface area contributed by atoms with Gasteiger partial charge in [-0.15, -0.1) is 4.34 Å². The van der Waals surface area contributed by atoms with Crippen LogP contribution in [0.4, 0.5) is 19.2 Å². The normalized spacial score (nSPS) is 11.4. The van der Waals surface area contributed by atoms with Gasteiger partial charge in [0.2, 0.25) is 0 Å². The first-order chi connectivity index (χ1) is 43.3. The molecule has 0 saturated heterocycles. The first kappa shape index (κ1) is 75.2. The van der Waals surface area contributed by atoms with E-state index in [1.807, 2.05) is 66.9 Å². The van der Waals surface area contributed by atoms with E-state index >= 15 is 0 Å². The molecule has 23 nitrogen and oxygen atoms in total. The number of hydrogen-bond donors (Lipinski definition) is 1. The summed E-state index contributed by atoms with van der Waals surface area (Å²) in [5.41, 5.74) is 7.24. The van der Waals surface area contributed by atoms with Gasteiger partial charge in [-0.1, -0.05) is 0 Å². The first-order valence-corrected chi connectivity index (χ1v) is 30.9. The Morgan fingerprint density at radius 2 is 0.806 bits per heavy atom. The van der Waals surface area contributed by atoms with Gasteiger partial charge in [-0.3, -0.25) is 38.9 Å². The van der Waals surface area contributed by atoms with Crippen LogP contribution in [0.2, 0.25) is 0 Å². The predicted molar refractivity (Wildman–Crippen MR) is 353 cm³/mol. The molecule has 0 amide bonds. The van der Waals surface area contributed by atoms with Gasteiger partial charge < -0.3 is 33.4 Å². The standard InChI is InChI=1S/C20H24N2O4.C16H18N2O3.C12H12N2O2P.C11H10N2O.C10H18O5/c1-6-25-18(23)11-14(2)17-12-16(15-7-9-21-10-8-15)13-22(17)19(24)26-20(3,4)5;1-11(19)14-9-13(12-5-7-17-8-6-12)10-18(14)15(20)21-16(2,3)4;1-9(15)12-7-11(8-14(12)17(2)16)10-3-5-13-6-4-10;1-8(14)11-6-10(7-13-11)9-2-4-12-5-3-9;1-9(2,3)14-7(11)13-8(12)15-10(4,5)6/h7-13H,6H2,1-5H3;5-10H,1-4H3;3-8H,1-2H3;2-7,13H,1H3;1-6H3/q;;+1;;. The number of ether oxygens (including phenoxy) is 6. The zero-order chi connectivity index (χ0) is 69.6. The molecule has 1 N–H and O–H groups in total. The minimum Gasteiger partial charge on any atom is -0.463 e. The number of H-pyrrole nitrogens is 1. The zero-order valence-electron chi connectivity index (χ0n) is 55.8. The van der Waals surface area contributed by atoms with Gasteiger partial charge in [-0.2, -0.15) is 0 Å². The lowest BCUT2D eigenvalue weighted by Gasteiger charge is -2.20. The van der Waals surface area contributed by atoms with Crippen molar-refractivity contribution in [1.29, 1.82) is 0 Å². The highest BCUT2D eigenvalue weighted by atomic mass is 31.1. The molecule has 1 unspecified atom stereocenters. The molecule has 8 aromatic rings. The van der Waals surface area contributed by atoms with Crippen LogP contribution >= 0.6 is 7.95 Å². The van der Waals surface area contributed by atoms with Gasteiger partial charge >= 0.3 is 38.4 Å². The SMILES string of the molecule is CC(=O)c1cc(-c2ccncc2)c[nH]1.CC(=O)c1cc(-c2ccncc2)cn1C(=O)OC(C)(C)C.CC(=O)c1cc(-c2ccncc2)cn1[P+](C)=O.CC(C)(C)OC(=O)OC(=O)OC(C)(C)C.CCOC(=O)C=C(C)c1cc(-c2ccncc2)cn1C(=O)OC(C)(C)C. The van der Waals surface area contributed by atoms with Gasteiger partial charge in [-0.25, -0.2) is 28.5 Å². The van der Waals surface area contributed by atoms with E-state index in [4.69, 9.17) is 23.7 Å². The number of esters is 1. The van der Waals surface area contributed by atoms with Crippen LogP contribution in [-0.4, -0.2) is 122 Å². The summed E-state index contributed by atoms with van der Waals surface area (Å²) in [4.78, 5) is 112. The summed E-state index contributed by atoms with van der Waals surface area (Å²) in [5, 5.41) is 0. The molecule has 8 aromatic heterocycles. The van der Waals surface area contributed by atoms with Crippen molar-refractivity contribution in [2.45, 2.75) is 140 Å². The highest BCUT2D eigenvalue weighted by Crippen LogP contribution is 2.31. The number of aromatic nitrogens is 8. The fourth-order valence-electron chi connectivity index (χ4n) is 7.83. The van der Waals surface area contributed by atoms with E-state index < -0.39 is 60.8 Å². The molecular formula is C69H82N8O15P+. The third-order valence-corrected chi connectivity index (χ3v) is 12.7. The van der Waals surface area contributed by atoms with Crippen molar-refractivity contribution in [1.82, 2.24) is 38.4 Å². The Kier molecular flexibility index (Phi) is 27.2. The van der Waals surface area contributed by atoms with Crippen LogP contribution in [0.25, 0.3) is 50.1 Å². The number of aromatic amines is 1. The molecule has 0 bridgehead atoms. The molecule has 0 saturated carbocycles. The molecule has 1 atom stereocenters. The second-order valence-corrected chi connectivity index (χ2v) is 25.7. The summed E-state index contributed by atoms with van der Waals surface area (Å²) in [6.45, 7) is 30.6. The summed E-state index contributed by atoms with van der Waals surface area (Å²) in [6, 6.07) is 22.0. The molecule has 0 aliphatic rings. The lowest BCUT2D eigenvalue weighted by Crippen LogP contribution is -2.29. The molecule has 0 radical (unpaired) electrons. The van der Waals surface area contributed by atoms with Gasteiger partial charge in [0.05, 0.1) is 29.9 Å². The summed E-state index contributed by atoms with van der Waals surface area (Å²) >= 11 is 0.